The van der Waals surface area contributed by atoms with Gasteiger partial charge in [0, 0.05) is 0 Å². The molecule has 0 bridgehead atoms. The van der Waals surface area contributed by atoms with E-state index in [0.29, 0.717) is 0 Å². The summed E-state index contributed by atoms with van der Waals surface area (Å²) in [5, 5.41) is 2.57. The van der Waals surface area contributed by atoms with Gasteiger partial charge in [0.25, 0.3) is 0 Å². The fourth-order valence-electron chi connectivity index (χ4n) is 4.27. The second-order valence-electron chi connectivity index (χ2n) is 9.26. The van der Waals surface area contributed by atoms with Gasteiger partial charge in [-0.3, -0.25) is 0 Å². The topological polar surface area (TPSA) is 25.8 Å². The van der Waals surface area contributed by atoms with Crippen LogP contribution in [0.2, 0.25) is 0 Å². The first kappa shape index (κ1) is 21.9. The van der Waals surface area contributed by atoms with Gasteiger partial charge in [-0.1, -0.05) is 0 Å². The van der Waals surface area contributed by atoms with Crippen LogP contribution in [0.1, 0.15) is 26.3 Å². The van der Waals surface area contributed by atoms with E-state index in [9.17, 15) is 0 Å². The van der Waals surface area contributed by atoms with Crippen molar-refractivity contribution in [3.63, 3.8) is 0 Å². The van der Waals surface area contributed by atoms with Crippen molar-refractivity contribution in [2.24, 2.45) is 0 Å². The number of rotatable bonds is 4. The molecule has 0 N–H and O–H groups in total. The van der Waals surface area contributed by atoms with Gasteiger partial charge in [0.15, 0.2) is 0 Å². The van der Waals surface area contributed by atoms with Gasteiger partial charge in [0.1, 0.15) is 0 Å². The summed E-state index contributed by atoms with van der Waals surface area (Å²) in [7, 11) is 0. The standard InChI is InChI=1S/C18H17N2.2C6H5.Bi/c1-18(2,3)16-11-14(17-8-9-19-12-20-17)10-13-6-4-5-7-15(13)16;2*1-2-4-6-5-3-1;/h4-8,10-12H,1-3H3;2*1-5H;. The molecule has 0 spiro atoms. The molecule has 0 atom stereocenters. The summed E-state index contributed by atoms with van der Waals surface area (Å²) in [6.07, 6.45) is 1.75. The first-order chi connectivity index (χ1) is 16.0. The van der Waals surface area contributed by atoms with Crippen molar-refractivity contribution in [1.29, 1.82) is 0 Å². The van der Waals surface area contributed by atoms with E-state index < -0.39 is 21.8 Å². The minimum absolute atomic E-state index is 0.0426. The molecule has 0 radical (unpaired) electrons. The van der Waals surface area contributed by atoms with E-state index in [4.69, 9.17) is 9.97 Å². The van der Waals surface area contributed by atoms with E-state index in [2.05, 4.69) is 124 Å². The summed E-state index contributed by atoms with van der Waals surface area (Å²) >= 11 is -2.53. The number of hydrogen-bond donors (Lipinski definition) is 0. The van der Waals surface area contributed by atoms with Gasteiger partial charge in [-0.15, -0.1) is 0 Å². The molecule has 3 heteroatoms. The molecule has 5 rings (SSSR count). The third kappa shape index (κ3) is 4.61. The molecular formula is C30H27BiN2. The van der Waals surface area contributed by atoms with E-state index in [1.54, 1.807) is 6.33 Å². The second-order valence-corrected chi connectivity index (χ2v) is 17.7. The fourth-order valence-corrected chi connectivity index (χ4v) is 12.8. The molecule has 5 aromatic rings. The third-order valence-corrected chi connectivity index (χ3v) is 14.9. The van der Waals surface area contributed by atoms with Crippen molar-refractivity contribution in [1.82, 2.24) is 9.97 Å². The number of hydrogen-bond acceptors (Lipinski definition) is 2. The molecule has 0 aliphatic rings. The van der Waals surface area contributed by atoms with Crippen molar-refractivity contribution in [2.45, 2.75) is 26.2 Å². The Morgan fingerprint density at radius 1 is 0.636 bits per heavy atom. The van der Waals surface area contributed by atoms with Crippen LogP contribution in [0.15, 0.2) is 109 Å². The van der Waals surface area contributed by atoms with Crippen molar-refractivity contribution in [2.75, 3.05) is 0 Å². The molecule has 1 heterocycles. The Morgan fingerprint density at radius 2 is 1.24 bits per heavy atom. The van der Waals surface area contributed by atoms with E-state index in [1.165, 1.54) is 26.3 Å². The van der Waals surface area contributed by atoms with E-state index >= 15 is 0 Å². The average Bonchev–Trinajstić information content (AvgIpc) is 2.84. The molecule has 2 nitrogen and oxygen atoms in total. The van der Waals surface area contributed by atoms with Crippen molar-refractivity contribution >= 4 is 42.5 Å². The monoisotopic (exact) mass is 624 g/mol. The Bertz CT molecular complexity index is 1350. The average molecular weight is 625 g/mol. The van der Waals surface area contributed by atoms with E-state index in [1.807, 2.05) is 0 Å². The molecule has 0 aliphatic heterocycles. The second kappa shape index (κ2) is 9.16. The summed E-state index contributed by atoms with van der Waals surface area (Å²) in [6, 6.07) is 37.3. The molecule has 162 valence electrons. The summed E-state index contributed by atoms with van der Waals surface area (Å²) in [5.41, 5.74) is 3.55. The van der Waals surface area contributed by atoms with Crippen LogP contribution in [0, 0.1) is 0 Å². The van der Waals surface area contributed by atoms with Crippen molar-refractivity contribution in [3.8, 4) is 11.3 Å². The molecular weight excluding hydrogens is 597 g/mol. The molecule has 4 aromatic carbocycles. The Labute approximate surface area is 204 Å². The molecule has 0 fully saturated rings. The molecule has 0 unspecified atom stereocenters. The predicted molar refractivity (Wildman–Crippen MR) is 141 cm³/mol. The maximum atomic E-state index is 4.83. The Balaban J connectivity index is 1.67. The first-order valence-electron chi connectivity index (χ1n) is 11.3. The van der Waals surface area contributed by atoms with Crippen LogP contribution >= 0.6 is 0 Å². The third-order valence-electron chi connectivity index (χ3n) is 5.88. The van der Waals surface area contributed by atoms with Crippen LogP contribution in [-0.2, 0) is 5.41 Å². The molecule has 0 saturated carbocycles. The Hall–Kier alpha value is -2.90. The van der Waals surface area contributed by atoms with Crippen LogP contribution in [0.25, 0.3) is 22.0 Å². The van der Waals surface area contributed by atoms with Gasteiger partial charge in [0.2, 0.25) is 0 Å². The van der Waals surface area contributed by atoms with Gasteiger partial charge in [-0.05, 0) is 0 Å². The quantitative estimate of drug-likeness (QED) is 0.260. The summed E-state index contributed by atoms with van der Waals surface area (Å²) < 4.78 is 4.06. The zero-order valence-corrected chi connectivity index (χ0v) is 22.7. The molecule has 0 saturated heterocycles. The number of nitrogens with zero attached hydrogens (tertiary/aromatic N) is 2. The van der Waals surface area contributed by atoms with Crippen molar-refractivity contribution < 1.29 is 0 Å². The van der Waals surface area contributed by atoms with Crippen LogP contribution in [0.3, 0.4) is 0 Å². The normalized spacial score (nSPS) is 11.8. The summed E-state index contributed by atoms with van der Waals surface area (Å²) in [6.45, 7) is 6.84. The number of benzene rings is 4. The van der Waals surface area contributed by atoms with Gasteiger partial charge >= 0.3 is 205 Å². The van der Waals surface area contributed by atoms with Gasteiger partial charge in [0.05, 0.1) is 0 Å². The molecule has 33 heavy (non-hydrogen) atoms. The van der Waals surface area contributed by atoms with Crippen LogP contribution < -0.4 is 9.94 Å². The number of fused-ring (bicyclic) bond motifs is 1. The molecule has 0 aliphatic carbocycles. The molecule has 0 amide bonds. The van der Waals surface area contributed by atoms with Crippen molar-refractivity contribution in [3.05, 3.63) is 115 Å². The minimum atomic E-state index is -2.53. The zero-order valence-electron chi connectivity index (χ0n) is 19.2. The zero-order chi connectivity index (χ0) is 22.8. The van der Waals surface area contributed by atoms with Crippen LogP contribution in [0.4, 0.5) is 0 Å². The van der Waals surface area contributed by atoms with Gasteiger partial charge in [-0.2, -0.15) is 0 Å². The Morgan fingerprint density at radius 3 is 1.88 bits per heavy atom. The van der Waals surface area contributed by atoms with Crippen LogP contribution in [-0.4, -0.2) is 31.7 Å². The maximum absolute atomic E-state index is 4.83. The van der Waals surface area contributed by atoms with E-state index in [-0.39, 0.29) is 5.41 Å². The predicted octanol–water partition coefficient (Wildman–Crippen LogP) is 5.11. The first-order valence-corrected chi connectivity index (χ1v) is 16.5. The number of aromatic nitrogens is 2. The molecule has 1 aromatic heterocycles. The fraction of sp³-hybridized carbons (Fsp3) is 0.133. The Kier molecular flexibility index (Phi) is 6.08. The summed E-state index contributed by atoms with van der Waals surface area (Å²) in [4.78, 5) is 9.56. The van der Waals surface area contributed by atoms with Gasteiger partial charge in [-0.25, -0.2) is 0 Å². The van der Waals surface area contributed by atoms with Gasteiger partial charge < -0.3 is 0 Å². The summed E-state index contributed by atoms with van der Waals surface area (Å²) in [5.74, 6) is 0. The van der Waals surface area contributed by atoms with Crippen LogP contribution in [0.5, 0.6) is 0 Å². The SMILES string of the molecule is CC(C)(C)c1cc(-c2c[c]([Bi]([c]3ccccc3)[c]3ccccc3)ncn2)cc2ccccc12. The van der Waals surface area contributed by atoms with E-state index in [0.717, 1.165) is 11.3 Å².